The molecule has 0 unspecified atom stereocenters. The number of nitrogens with one attached hydrogen (secondary N) is 1. The van der Waals surface area contributed by atoms with E-state index in [1.54, 1.807) is 0 Å². The van der Waals surface area contributed by atoms with Crippen molar-refractivity contribution in [3.05, 3.63) is 0 Å². The number of hydrogen-bond donors (Lipinski definition) is 2. The lowest BCUT2D eigenvalue weighted by atomic mass is 10.1. The molecule has 0 aliphatic heterocycles. The minimum absolute atomic E-state index is 0.322. The molecular weight excluding hydrogens is 212 g/mol. The van der Waals surface area contributed by atoms with Crippen LogP contribution in [-0.4, -0.2) is 29.1 Å². The number of nitrogens with two attached hydrogens (primary N) is 1. The van der Waals surface area contributed by atoms with Crippen molar-refractivity contribution in [1.29, 1.82) is 0 Å². The van der Waals surface area contributed by atoms with Crippen LogP contribution in [0.25, 0.3) is 0 Å². The molecule has 0 spiro atoms. The lowest BCUT2D eigenvalue weighted by Gasteiger charge is -2.06. The molecule has 1 rings (SSSR count). The third-order valence-electron chi connectivity index (χ3n) is 1.80. The van der Waals surface area contributed by atoms with E-state index in [9.17, 15) is 0 Å². The maximum absolute atomic E-state index is 5.44. The molecule has 3 N–H and O–H groups in total. The van der Waals surface area contributed by atoms with Crippen molar-refractivity contribution in [2.75, 3.05) is 30.8 Å². The van der Waals surface area contributed by atoms with E-state index in [4.69, 9.17) is 10.5 Å². The normalized spacial score (nSPS) is 10.9. The fraction of sp³-hybridized carbons (Fsp3) is 0.778. The molecule has 86 valence electrons. The fourth-order valence-corrected chi connectivity index (χ4v) is 1.48. The average molecular weight is 230 g/mol. The monoisotopic (exact) mass is 230 g/mol. The molecule has 0 saturated heterocycles. The zero-order chi connectivity index (χ0) is 11.1. The predicted octanol–water partition coefficient (Wildman–Crippen LogP) is 1.59. The number of aromatic nitrogens is 2. The summed E-state index contributed by atoms with van der Waals surface area (Å²) in [5.74, 6) is 1.02. The quantitative estimate of drug-likeness (QED) is 0.696. The van der Waals surface area contributed by atoms with Gasteiger partial charge in [0.05, 0.1) is 6.61 Å². The molecule has 0 saturated carbocycles. The largest absolute Gasteiger partial charge is 0.380 e. The van der Waals surface area contributed by atoms with Crippen LogP contribution in [0, 0.1) is 5.92 Å². The van der Waals surface area contributed by atoms with E-state index in [0.29, 0.717) is 18.5 Å². The van der Waals surface area contributed by atoms with E-state index in [2.05, 4.69) is 28.5 Å². The Kier molecular flexibility index (Phi) is 5.34. The number of rotatable bonds is 7. The Hall–Kier alpha value is -0.880. The minimum atomic E-state index is 0.322. The summed E-state index contributed by atoms with van der Waals surface area (Å²) in [6.07, 6.45) is 1.10. The first kappa shape index (κ1) is 12.2. The predicted molar refractivity (Wildman–Crippen MR) is 63.1 cm³/mol. The molecule has 0 fully saturated rings. The highest BCUT2D eigenvalue weighted by Gasteiger charge is 1.98. The lowest BCUT2D eigenvalue weighted by Crippen LogP contribution is -2.10. The summed E-state index contributed by atoms with van der Waals surface area (Å²) in [7, 11) is 0. The Morgan fingerprint density at radius 2 is 2.27 bits per heavy atom. The number of ether oxygens (including phenoxy) is 1. The van der Waals surface area contributed by atoms with Crippen molar-refractivity contribution >= 4 is 22.6 Å². The molecule has 1 heterocycles. The van der Waals surface area contributed by atoms with Crippen LogP contribution in [0.4, 0.5) is 11.1 Å². The zero-order valence-electron chi connectivity index (χ0n) is 9.19. The second-order valence-electron chi connectivity index (χ2n) is 3.68. The van der Waals surface area contributed by atoms with Crippen molar-refractivity contribution in [3.63, 3.8) is 0 Å². The standard InChI is InChI=1S/C9H18N4OS/c1-7(2)3-5-14-6-4-11-9-12-8(10)13-15-9/h7H,3-6H2,1-2H3,(H3,10,11,12,13). The van der Waals surface area contributed by atoms with Gasteiger partial charge in [-0.3, -0.25) is 0 Å². The lowest BCUT2D eigenvalue weighted by molar-refractivity contribution is 0.132. The minimum Gasteiger partial charge on any atom is -0.380 e. The first-order valence-electron chi connectivity index (χ1n) is 5.09. The van der Waals surface area contributed by atoms with Gasteiger partial charge in [-0.25, -0.2) is 0 Å². The van der Waals surface area contributed by atoms with Crippen molar-refractivity contribution in [3.8, 4) is 0 Å². The molecule has 1 aromatic heterocycles. The molecule has 0 aliphatic carbocycles. The highest BCUT2D eigenvalue weighted by Crippen LogP contribution is 2.10. The van der Waals surface area contributed by atoms with Gasteiger partial charge in [-0.15, -0.1) is 0 Å². The summed E-state index contributed by atoms with van der Waals surface area (Å²) < 4.78 is 9.30. The molecular formula is C9H18N4OS. The van der Waals surface area contributed by atoms with Gasteiger partial charge in [-0.2, -0.15) is 9.36 Å². The van der Waals surface area contributed by atoms with Gasteiger partial charge in [0.1, 0.15) is 0 Å². The first-order chi connectivity index (χ1) is 7.18. The van der Waals surface area contributed by atoms with Gasteiger partial charge in [-0.05, 0) is 12.3 Å². The second-order valence-corrected chi connectivity index (χ2v) is 4.43. The van der Waals surface area contributed by atoms with Gasteiger partial charge in [0.2, 0.25) is 11.1 Å². The third kappa shape index (κ3) is 5.54. The highest BCUT2D eigenvalue weighted by molar-refractivity contribution is 7.09. The van der Waals surface area contributed by atoms with Crippen LogP contribution in [0.5, 0.6) is 0 Å². The summed E-state index contributed by atoms with van der Waals surface area (Å²) in [4.78, 5) is 3.98. The zero-order valence-corrected chi connectivity index (χ0v) is 10.0. The van der Waals surface area contributed by atoms with Crippen LogP contribution in [-0.2, 0) is 4.74 Å². The summed E-state index contributed by atoms with van der Waals surface area (Å²) >= 11 is 1.27. The molecule has 0 radical (unpaired) electrons. The molecule has 0 aliphatic rings. The Morgan fingerprint density at radius 3 is 2.87 bits per heavy atom. The number of nitrogens with zero attached hydrogens (tertiary/aromatic N) is 2. The molecule has 15 heavy (non-hydrogen) atoms. The van der Waals surface area contributed by atoms with Crippen LogP contribution in [0.15, 0.2) is 0 Å². The van der Waals surface area contributed by atoms with Gasteiger partial charge in [0, 0.05) is 24.7 Å². The van der Waals surface area contributed by atoms with Gasteiger partial charge in [-0.1, -0.05) is 13.8 Å². The smallest absolute Gasteiger partial charge is 0.233 e. The van der Waals surface area contributed by atoms with Crippen molar-refractivity contribution in [2.45, 2.75) is 20.3 Å². The van der Waals surface area contributed by atoms with Gasteiger partial charge in [0.25, 0.3) is 0 Å². The summed E-state index contributed by atoms with van der Waals surface area (Å²) in [6.45, 7) is 6.62. The maximum Gasteiger partial charge on any atom is 0.233 e. The average Bonchev–Trinajstić information content (AvgIpc) is 2.57. The molecule has 0 aromatic carbocycles. The fourth-order valence-electron chi connectivity index (χ4n) is 0.958. The third-order valence-corrected chi connectivity index (χ3v) is 2.49. The topological polar surface area (TPSA) is 73.1 Å². The molecule has 1 aromatic rings. The van der Waals surface area contributed by atoms with Crippen LogP contribution < -0.4 is 11.1 Å². The van der Waals surface area contributed by atoms with E-state index in [1.807, 2.05) is 0 Å². The van der Waals surface area contributed by atoms with E-state index >= 15 is 0 Å². The molecule has 0 amide bonds. The Morgan fingerprint density at radius 1 is 1.47 bits per heavy atom. The van der Waals surface area contributed by atoms with E-state index < -0.39 is 0 Å². The van der Waals surface area contributed by atoms with Crippen LogP contribution in [0.1, 0.15) is 20.3 Å². The maximum atomic E-state index is 5.44. The molecule has 6 heteroatoms. The molecule has 5 nitrogen and oxygen atoms in total. The van der Waals surface area contributed by atoms with Crippen LogP contribution in [0.2, 0.25) is 0 Å². The van der Waals surface area contributed by atoms with E-state index in [1.165, 1.54) is 11.5 Å². The highest BCUT2D eigenvalue weighted by atomic mass is 32.1. The van der Waals surface area contributed by atoms with Crippen molar-refractivity contribution in [1.82, 2.24) is 9.36 Å². The molecule has 0 atom stereocenters. The Bertz CT molecular complexity index is 277. The first-order valence-corrected chi connectivity index (χ1v) is 5.86. The number of hydrogen-bond acceptors (Lipinski definition) is 6. The van der Waals surface area contributed by atoms with Crippen molar-refractivity contribution in [2.24, 2.45) is 5.92 Å². The van der Waals surface area contributed by atoms with Crippen molar-refractivity contribution < 1.29 is 4.74 Å². The summed E-state index contributed by atoms with van der Waals surface area (Å²) in [5.41, 5.74) is 5.38. The van der Waals surface area contributed by atoms with Crippen LogP contribution in [0.3, 0.4) is 0 Å². The van der Waals surface area contributed by atoms with E-state index in [0.717, 1.165) is 24.7 Å². The number of nitrogen functional groups attached to an aromatic ring is 1. The van der Waals surface area contributed by atoms with Gasteiger partial charge in [0.15, 0.2) is 0 Å². The Labute approximate surface area is 94.2 Å². The SMILES string of the molecule is CC(C)CCOCCNc1nc(N)ns1. The number of anilines is 2. The van der Waals surface area contributed by atoms with Crippen LogP contribution >= 0.6 is 11.5 Å². The Balaban J connectivity index is 1.98. The summed E-state index contributed by atoms with van der Waals surface area (Å²) in [5, 5.41) is 3.84. The van der Waals surface area contributed by atoms with Gasteiger partial charge >= 0.3 is 0 Å². The van der Waals surface area contributed by atoms with Gasteiger partial charge < -0.3 is 15.8 Å². The summed E-state index contributed by atoms with van der Waals surface area (Å²) in [6, 6.07) is 0. The molecule has 0 bridgehead atoms. The van der Waals surface area contributed by atoms with E-state index in [-0.39, 0.29) is 0 Å². The second kappa shape index (κ2) is 6.58.